The van der Waals surface area contributed by atoms with Crippen molar-refractivity contribution in [3.63, 3.8) is 0 Å². The van der Waals surface area contributed by atoms with E-state index < -0.39 is 0 Å². The van der Waals surface area contributed by atoms with Gasteiger partial charge in [-0.1, -0.05) is 35.9 Å². The first kappa shape index (κ1) is 12.2. The minimum absolute atomic E-state index is 0.148. The molecule has 0 radical (unpaired) electrons. The van der Waals surface area contributed by atoms with Gasteiger partial charge in [0.25, 0.3) is 0 Å². The van der Waals surface area contributed by atoms with Crippen molar-refractivity contribution in [1.82, 2.24) is 5.32 Å². The fourth-order valence-corrected chi connectivity index (χ4v) is 1.77. The van der Waals surface area contributed by atoms with E-state index in [2.05, 4.69) is 5.32 Å². The summed E-state index contributed by atoms with van der Waals surface area (Å²) in [5.41, 5.74) is 2.87. The largest absolute Gasteiger partial charge is 0.340 e. The Morgan fingerprint density at radius 2 is 1.50 bits per heavy atom. The number of hydrogen-bond donors (Lipinski definition) is 1. The lowest BCUT2D eigenvalue weighted by Crippen LogP contribution is -2.34. The Bertz CT molecular complexity index is 520. The van der Waals surface area contributed by atoms with Crippen LogP contribution in [0.25, 0.3) is 0 Å². The number of rotatable bonds is 2. The van der Waals surface area contributed by atoms with Gasteiger partial charge in [0.05, 0.1) is 11.4 Å². The molecule has 2 aromatic carbocycles. The number of anilines is 2. The maximum absolute atomic E-state index is 12.0. The van der Waals surface area contributed by atoms with Crippen LogP contribution in [0.5, 0.6) is 0 Å². The van der Waals surface area contributed by atoms with Crippen LogP contribution in [0.4, 0.5) is 16.2 Å². The number of urea groups is 1. The Morgan fingerprint density at radius 1 is 0.944 bits per heavy atom. The Labute approximate surface area is 107 Å². The van der Waals surface area contributed by atoms with Crippen LogP contribution in [0, 0.1) is 6.92 Å². The Kier molecular flexibility index (Phi) is 3.63. The number of benzene rings is 2. The first-order valence-corrected chi connectivity index (χ1v) is 5.86. The molecule has 0 aliphatic carbocycles. The van der Waals surface area contributed by atoms with Gasteiger partial charge in [0.15, 0.2) is 0 Å². The monoisotopic (exact) mass is 240 g/mol. The van der Waals surface area contributed by atoms with Gasteiger partial charge in [-0.2, -0.15) is 0 Å². The summed E-state index contributed by atoms with van der Waals surface area (Å²) in [6.45, 7) is 2.02. The molecule has 3 nitrogen and oxygen atoms in total. The van der Waals surface area contributed by atoms with E-state index in [-0.39, 0.29) is 6.03 Å². The third-order valence-corrected chi connectivity index (χ3v) is 2.72. The van der Waals surface area contributed by atoms with Crippen molar-refractivity contribution in [3.8, 4) is 0 Å². The molecular weight excluding hydrogens is 224 g/mol. The molecule has 0 unspecified atom stereocenters. The van der Waals surface area contributed by atoms with Gasteiger partial charge >= 0.3 is 6.03 Å². The van der Waals surface area contributed by atoms with Crippen molar-refractivity contribution in [2.24, 2.45) is 0 Å². The highest BCUT2D eigenvalue weighted by molar-refractivity contribution is 5.99. The van der Waals surface area contributed by atoms with Crippen LogP contribution < -0.4 is 10.2 Å². The predicted molar refractivity (Wildman–Crippen MR) is 74.2 cm³/mol. The first-order chi connectivity index (χ1) is 8.72. The average molecular weight is 240 g/mol. The SMILES string of the molecule is CNC(=O)N(c1ccccc1)c1ccc(C)cc1. The fourth-order valence-electron chi connectivity index (χ4n) is 1.77. The molecule has 0 aliphatic rings. The highest BCUT2D eigenvalue weighted by atomic mass is 16.2. The highest BCUT2D eigenvalue weighted by Crippen LogP contribution is 2.25. The van der Waals surface area contributed by atoms with Crippen LogP contribution in [-0.2, 0) is 0 Å². The van der Waals surface area contributed by atoms with Crippen molar-refractivity contribution < 1.29 is 4.79 Å². The summed E-state index contributed by atoms with van der Waals surface area (Å²) in [7, 11) is 1.63. The molecule has 2 rings (SSSR count). The molecule has 2 amide bonds. The second-order valence-corrected chi connectivity index (χ2v) is 4.06. The predicted octanol–water partition coefficient (Wildman–Crippen LogP) is 3.47. The van der Waals surface area contributed by atoms with Crippen molar-refractivity contribution in [2.45, 2.75) is 6.92 Å². The molecule has 0 aliphatic heterocycles. The van der Waals surface area contributed by atoms with Gasteiger partial charge in [-0.25, -0.2) is 4.79 Å². The smallest absolute Gasteiger partial charge is 0.326 e. The molecule has 0 saturated heterocycles. The second-order valence-electron chi connectivity index (χ2n) is 4.06. The summed E-state index contributed by atoms with van der Waals surface area (Å²) >= 11 is 0. The molecule has 92 valence electrons. The normalized spacial score (nSPS) is 9.89. The number of carbonyl (C=O) groups excluding carboxylic acids is 1. The van der Waals surface area contributed by atoms with E-state index in [1.54, 1.807) is 11.9 Å². The molecule has 18 heavy (non-hydrogen) atoms. The van der Waals surface area contributed by atoms with E-state index in [1.807, 2.05) is 61.5 Å². The van der Waals surface area contributed by atoms with E-state index in [1.165, 1.54) is 5.56 Å². The number of hydrogen-bond acceptors (Lipinski definition) is 1. The minimum Gasteiger partial charge on any atom is -0.340 e. The highest BCUT2D eigenvalue weighted by Gasteiger charge is 2.15. The van der Waals surface area contributed by atoms with Gasteiger partial charge in [-0.15, -0.1) is 0 Å². The molecular formula is C15H16N2O. The number of carbonyl (C=O) groups is 1. The van der Waals surface area contributed by atoms with Gasteiger partial charge in [0.2, 0.25) is 0 Å². The van der Waals surface area contributed by atoms with Crippen LogP contribution in [0.1, 0.15) is 5.56 Å². The quantitative estimate of drug-likeness (QED) is 0.856. The van der Waals surface area contributed by atoms with Crippen LogP contribution in [0.15, 0.2) is 54.6 Å². The molecule has 0 heterocycles. The molecule has 0 spiro atoms. The maximum atomic E-state index is 12.0. The number of para-hydroxylation sites is 1. The zero-order chi connectivity index (χ0) is 13.0. The third kappa shape index (κ3) is 2.51. The summed E-state index contributed by atoms with van der Waals surface area (Å²) < 4.78 is 0. The number of amides is 2. The summed E-state index contributed by atoms with van der Waals surface area (Å²) in [5.74, 6) is 0. The van der Waals surface area contributed by atoms with Gasteiger partial charge < -0.3 is 5.32 Å². The van der Waals surface area contributed by atoms with E-state index >= 15 is 0 Å². The summed E-state index contributed by atoms with van der Waals surface area (Å²) in [6.07, 6.45) is 0. The van der Waals surface area contributed by atoms with Crippen molar-refractivity contribution in [1.29, 1.82) is 0 Å². The molecule has 1 N–H and O–H groups in total. The van der Waals surface area contributed by atoms with Gasteiger partial charge in [-0.05, 0) is 31.2 Å². The van der Waals surface area contributed by atoms with Crippen LogP contribution >= 0.6 is 0 Å². The van der Waals surface area contributed by atoms with Gasteiger partial charge in [0.1, 0.15) is 0 Å². The standard InChI is InChI=1S/C15H16N2O/c1-12-8-10-14(11-9-12)17(15(18)16-2)13-6-4-3-5-7-13/h3-11H,1-2H3,(H,16,18). The van der Waals surface area contributed by atoms with Crippen LogP contribution in [0.2, 0.25) is 0 Å². The van der Waals surface area contributed by atoms with Crippen molar-refractivity contribution in [2.75, 3.05) is 11.9 Å². The zero-order valence-corrected chi connectivity index (χ0v) is 10.6. The third-order valence-electron chi connectivity index (χ3n) is 2.72. The average Bonchev–Trinajstić information content (AvgIpc) is 2.42. The lowest BCUT2D eigenvalue weighted by Gasteiger charge is -2.22. The fraction of sp³-hybridized carbons (Fsp3) is 0.133. The van der Waals surface area contributed by atoms with Crippen LogP contribution in [-0.4, -0.2) is 13.1 Å². The number of nitrogens with one attached hydrogen (secondary N) is 1. The number of nitrogens with zero attached hydrogens (tertiary/aromatic N) is 1. The van der Waals surface area contributed by atoms with E-state index in [0.29, 0.717) is 0 Å². The van der Waals surface area contributed by atoms with Crippen molar-refractivity contribution in [3.05, 3.63) is 60.2 Å². The molecule has 3 heteroatoms. The Hall–Kier alpha value is -2.29. The molecule has 0 bridgehead atoms. The lowest BCUT2D eigenvalue weighted by atomic mass is 10.2. The topological polar surface area (TPSA) is 32.3 Å². The lowest BCUT2D eigenvalue weighted by molar-refractivity contribution is 0.250. The minimum atomic E-state index is -0.148. The van der Waals surface area contributed by atoms with E-state index in [9.17, 15) is 4.79 Å². The van der Waals surface area contributed by atoms with Gasteiger partial charge in [0, 0.05) is 7.05 Å². The molecule has 2 aromatic rings. The molecule has 0 fully saturated rings. The summed E-state index contributed by atoms with van der Waals surface area (Å²) in [4.78, 5) is 13.7. The molecule has 0 atom stereocenters. The Balaban J connectivity index is 2.43. The summed E-state index contributed by atoms with van der Waals surface area (Å²) in [5, 5.41) is 2.66. The van der Waals surface area contributed by atoms with Crippen molar-refractivity contribution >= 4 is 17.4 Å². The second kappa shape index (κ2) is 5.36. The van der Waals surface area contributed by atoms with Crippen LogP contribution in [0.3, 0.4) is 0 Å². The zero-order valence-electron chi connectivity index (χ0n) is 10.6. The van der Waals surface area contributed by atoms with E-state index in [0.717, 1.165) is 11.4 Å². The first-order valence-electron chi connectivity index (χ1n) is 5.86. The summed E-state index contributed by atoms with van der Waals surface area (Å²) in [6, 6.07) is 17.3. The Morgan fingerprint density at radius 3 is 2.06 bits per heavy atom. The van der Waals surface area contributed by atoms with E-state index in [4.69, 9.17) is 0 Å². The molecule has 0 saturated carbocycles. The maximum Gasteiger partial charge on any atom is 0.326 e. The number of aryl methyl sites for hydroxylation is 1. The molecule has 0 aromatic heterocycles. The van der Waals surface area contributed by atoms with Gasteiger partial charge in [-0.3, -0.25) is 4.90 Å².